The summed E-state index contributed by atoms with van der Waals surface area (Å²) < 4.78 is 5.30. The summed E-state index contributed by atoms with van der Waals surface area (Å²) >= 11 is 0. The lowest BCUT2D eigenvalue weighted by molar-refractivity contribution is -0.153. The van der Waals surface area contributed by atoms with E-state index in [0.29, 0.717) is 6.42 Å². The molecule has 27 heavy (non-hydrogen) atoms. The lowest BCUT2D eigenvalue weighted by Gasteiger charge is -2.15. The highest BCUT2D eigenvalue weighted by molar-refractivity contribution is 5.95. The Morgan fingerprint density at radius 1 is 1.15 bits per heavy atom. The van der Waals surface area contributed by atoms with E-state index in [0.717, 1.165) is 33.3 Å². The summed E-state index contributed by atoms with van der Waals surface area (Å²) in [7, 11) is 0. The van der Waals surface area contributed by atoms with E-state index >= 15 is 0 Å². The molecule has 0 aliphatic rings. The van der Waals surface area contributed by atoms with Crippen molar-refractivity contribution in [3.63, 3.8) is 0 Å². The van der Waals surface area contributed by atoms with Gasteiger partial charge in [0.25, 0.3) is 5.91 Å². The normalized spacial score (nSPS) is 12.0. The van der Waals surface area contributed by atoms with Gasteiger partial charge in [0.15, 0.2) is 6.10 Å². The molecule has 1 aromatic heterocycles. The Bertz CT molecular complexity index is 975. The maximum Gasteiger partial charge on any atom is 0.306 e. The molecule has 0 spiro atoms. The van der Waals surface area contributed by atoms with Crippen LogP contribution in [0.2, 0.25) is 0 Å². The third-order valence-corrected chi connectivity index (χ3v) is 4.60. The average Bonchev–Trinajstić information content (AvgIpc) is 3.06. The second-order valence-electron chi connectivity index (χ2n) is 6.80. The maximum atomic E-state index is 12.3. The number of fused-ring (bicyclic) bond motifs is 1. The Morgan fingerprint density at radius 2 is 1.93 bits per heavy atom. The molecule has 0 aliphatic carbocycles. The van der Waals surface area contributed by atoms with Crippen LogP contribution in [0.1, 0.15) is 30.0 Å². The van der Waals surface area contributed by atoms with Gasteiger partial charge in [0, 0.05) is 29.2 Å². The van der Waals surface area contributed by atoms with Crippen molar-refractivity contribution in [3.8, 4) is 0 Å². The second-order valence-corrected chi connectivity index (χ2v) is 6.80. The minimum atomic E-state index is -0.847. The van der Waals surface area contributed by atoms with Crippen molar-refractivity contribution in [2.45, 2.75) is 39.7 Å². The van der Waals surface area contributed by atoms with E-state index in [-0.39, 0.29) is 18.3 Å². The van der Waals surface area contributed by atoms with Crippen molar-refractivity contribution in [1.82, 2.24) is 4.98 Å². The molecule has 0 saturated carbocycles. The summed E-state index contributed by atoms with van der Waals surface area (Å²) in [6, 6.07) is 13.8. The number of para-hydroxylation sites is 1. The van der Waals surface area contributed by atoms with Crippen molar-refractivity contribution < 1.29 is 14.3 Å². The Balaban J connectivity index is 1.54. The molecule has 140 valence electrons. The summed E-state index contributed by atoms with van der Waals surface area (Å²) in [6.45, 7) is 5.47. The second kappa shape index (κ2) is 8.08. The van der Waals surface area contributed by atoms with Crippen molar-refractivity contribution in [2.75, 3.05) is 5.32 Å². The Labute approximate surface area is 158 Å². The molecule has 3 rings (SSSR count). The predicted molar refractivity (Wildman–Crippen MR) is 107 cm³/mol. The first kappa shape index (κ1) is 18.7. The van der Waals surface area contributed by atoms with Gasteiger partial charge in [0.05, 0.1) is 0 Å². The van der Waals surface area contributed by atoms with Crippen LogP contribution in [0.3, 0.4) is 0 Å². The summed E-state index contributed by atoms with van der Waals surface area (Å²) in [6.07, 6.45) is 1.85. The maximum absolute atomic E-state index is 12.3. The highest BCUT2D eigenvalue weighted by atomic mass is 16.5. The highest BCUT2D eigenvalue weighted by Crippen LogP contribution is 2.20. The summed E-state index contributed by atoms with van der Waals surface area (Å²) in [5.74, 6) is -0.715. The van der Waals surface area contributed by atoms with Crippen molar-refractivity contribution >= 4 is 28.5 Å². The SMILES string of the molecule is Cc1ccc(C)c(NC(=O)C(C)OC(=O)CCc2c[nH]c3ccccc23)c1. The van der Waals surface area contributed by atoms with E-state index in [2.05, 4.69) is 10.3 Å². The van der Waals surface area contributed by atoms with Crippen molar-refractivity contribution in [1.29, 1.82) is 0 Å². The predicted octanol–water partition coefficient (Wildman–Crippen LogP) is 4.29. The molecule has 0 aliphatic heterocycles. The van der Waals surface area contributed by atoms with Crippen LogP contribution in [0.4, 0.5) is 5.69 Å². The molecule has 1 atom stereocenters. The minimum Gasteiger partial charge on any atom is -0.453 e. The first-order chi connectivity index (χ1) is 12.9. The molecule has 2 N–H and O–H groups in total. The third-order valence-electron chi connectivity index (χ3n) is 4.60. The number of rotatable bonds is 6. The minimum absolute atomic E-state index is 0.225. The number of ether oxygens (including phenoxy) is 1. The molecule has 0 bridgehead atoms. The zero-order valence-corrected chi connectivity index (χ0v) is 15.8. The molecule has 3 aromatic rings. The van der Waals surface area contributed by atoms with Crippen molar-refractivity contribution in [2.24, 2.45) is 0 Å². The van der Waals surface area contributed by atoms with Crippen molar-refractivity contribution in [3.05, 3.63) is 65.4 Å². The standard InChI is InChI=1S/C22H24N2O3/c1-14-8-9-15(2)20(12-14)24-22(26)16(3)27-21(25)11-10-17-13-23-19-7-5-4-6-18(17)19/h4-9,12-13,16,23H,10-11H2,1-3H3,(H,24,26). The number of esters is 1. The molecule has 0 fully saturated rings. The fourth-order valence-electron chi connectivity index (χ4n) is 2.99. The first-order valence-electron chi connectivity index (χ1n) is 9.06. The molecule has 0 saturated heterocycles. The van der Waals surface area contributed by atoms with Gasteiger partial charge >= 0.3 is 5.97 Å². The number of carbonyl (C=O) groups excluding carboxylic acids is 2. The molecule has 2 aromatic carbocycles. The number of amides is 1. The molecule has 1 heterocycles. The monoisotopic (exact) mass is 364 g/mol. The van der Waals surface area contributed by atoms with E-state index in [1.165, 1.54) is 0 Å². The average molecular weight is 364 g/mol. The van der Waals surface area contributed by atoms with Gasteiger partial charge in [-0.1, -0.05) is 30.3 Å². The number of carbonyl (C=O) groups is 2. The number of benzene rings is 2. The Hall–Kier alpha value is -3.08. The number of hydrogen-bond donors (Lipinski definition) is 2. The molecule has 1 unspecified atom stereocenters. The molecular weight excluding hydrogens is 340 g/mol. The van der Waals surface area contributed by atoms with Gasteiger partial charge in [-0.3, -0.25) is 9.59 Å². The van der Waals surface area contributed by atoms with Gasteiger partial charge < -0.3 is 15.0 Å². The Morgan fingerprint density at radius 3 is 2.74 bits per heavy atom. The van der Waals surface area contributed by atoms with Crippen LogP contribution in [0.15, 0.2) is 48.7 Å². The smallest absolute Gasteiger partial charge is 0.306 e. The number of H-pyrrole nitrogens is 1. The van der Waals surface area contributed by atoms with Gasteiger partial charge in [-0.2, -0.15) is 0 Å². The van der Waals surface area contributed by atoms with Crippen LogP contribution in [-0.4, -0.2) is 23.0 Å². The molecule has 1 amide bonds. The number of aryl methyl sites for hydroxylation is 3. The zero-order chi connectivity index (χ0) is 19.4. The van der Waals surface area contributed by atoms with E-state index in [1.54, 1.807) is 6.92 Å². The van der Waals surface area contributed by atoms with Gasteiger partial charge in [-0.05, 0) is 56.0 Å². The molecule has 5 heteroatoms. The quantitative estimate of drug-likeness (QED) is 0.641. The lowest BCUT2D eigenvalue weighted by atomic mass is 10.1. The van der Waals surface area contributed by atoms with Gasteiger partial charge in [0.2, 0.25) is 0 Å². The van der Waals surface area contributed by atoms with Gasteiger partial charge in [0.1, 0.15) is 0 Å². The van der Waals surface area contributed by atoms with E-state index in [9.17, 15) is 9.59 Å². The van der Waals surface area contributed by atoms with E-state index in [1.807, 2.05) is 62.5 Å². The van der Waals surface area contributed by atoms with Crippen LogP contribution in [0.25, 0.3) is 10.9 Å². The summed E-state index contributed by atoms with van der Waals surface area (Å²) in [4.78, 5) is 27.7. The van der Waals surface area contributed by atoms with Crippen LogP contribution in [0, 0.1) is 13.8 Å². The summed E-state index contributed by atoms with van der Waals surface area (Å²) in [5, 5.41) is 3.93. The number of nitrogens with one attached hydrogen (secondary N) is 2. The number of hydrogen-bond acceptors (Lipinski definition) is 3. The van der Waals surface area contributed by atoms with E-state index < -0.39 is 6.10 Å². The van der Waals surface area contributed by atoms with E-state index in [4.69, 9.17) is 4.74 Å². The van der Waals surface area contributed by atoms with Crippen LogP contribution < -0.4 is 5.32 Å². The molecular formula is C22H24N2O3. The largest absolute Gasteiger partial charge is 0.453 e. The zero-order valence-electron chi connectivity index (χ0n) is 15.8. The molecule has 0 radical (unpaired) electrons. The summed E-state index contributed by atoms with van der Waals surface area (Å²) in [5.41, 5.74) is 4.87. The fraction of sp³-hybridized carbons (Fsp3) is 0.273. The molecule has 5 nitrogen and oxygen atoms in total. The first-order valence-corrected chi connectivity index (χ1v) is 9.06. The van der Waals surface area contributed by atoms with Crippen LogP contribution in [-0.2, 0) is 20.7 Å². The lowest BCUT2D eigenvalue weighted by Crippen LogP contribution is -2.30. The topological polar surface area (TPSA) is 71.2 Å². The fourth-order valence-corrected chi connectivity index (χ4v) is 2.99. The van der Waals surface area contributed by atoms with Crippen LogP contribution >= 0.6 is 0 Å². The Kier molecular flexibility index (Phi) is 5.60. The number of aromatic nitrogens is 1. The number of aromatic amines is 1. The number of anilines is 1. The third kappa shape index (κ3) is 4.56. The van der Waals surface area contributed by atoms with Gasteiger partial charge in [-0.25, -0.2) is 0 Å². The van der Waals surface area contributed by atoms with Gasteiger partial charge in [-0.15, -0.1) is 0 Å². The highest BCUT2D eigenvalue weighted by Gasteiger charge is 2.19. The van der Waals surface area contributed by atoms with Crippen LogP contribution in [0.5, 0.6) is 0 Å².